The Kier molecular flexibility index (Phi) is 5.35. The van der Waals surface area contributed by atoms with E-state index in [1.165, 1.54) is 11.3 Å². The van der Waals surface area contributed by atoms with Gasteiger partial charge in [0.2, 0.25) is 0 Å². The highest BCUT2D eigenvalue weighted by Gasteiger charge is 2.17. The van der Waals surface area contributed by atoms with Crippen molar-refractivity contribution in [2.24, 2.45) is 0 Å². The minimum absolute atomic E-state index is 0.381. The van der Waals surface area contributed by atoms with Crippen LogP contribution in [0.5, 0.6) is 5.75 Å². The van der Waals surface area contributed by atoms with Gasteiger partial charge in [0.05, 0.1) is 0 Å². The number of hydrazine groups is 1. The van der Waals surface area contributed by atoms with E-state index in [-0.39, 0.29) is 5.91 Å². The summed E-state index contributed by atoms with van der Waals surface area (Å²) >= 11 is 4.56. The third-order valence-corrected chi connectivity index (χ3v) is 5.36. The van der Waals surface area contributed by atoms with Crippen molar-refractivity contribution >= 4 is 49.9 Å². The third-order valence-electron chi connectivity index (χ3n) is 3.53. The van der Waals surface area contributed by atoms with Crippen LogP contribution in [0, 0.1) is 0 Å². The molecule has 2 amide bonds. The zero-order valence-corrected chi connectivity index (χ0v) is 15.7. The Morgan fingerprint density at radius 2 is 1.84 bits per heavy atom. The number of hydrogen-bond donors (Lipinski definition) is 2. The van der Waals surface area contributed by atoms with Crippen molar-refractivity contribution in [1.29, 1.82) is 0 Å². The lowest BCUT2D eigenvalue weighted by Gasteiger charge is -2.15. The number of rotatable bonds is 4. The highest BCUT2D eigenvalue weighted by molar-refractivity contribution is 9.10. The summed E-state index contributed by atoms with van der Waals surface area (Å²) in [5, 5.41) is 3.91. The van der Waals surface area contributed by atoms with E-state index in [0.29, 0.717) is 15.1 Å². The van der Waals surface area contributed by atoms with Crippen LogP contribution in [0.25, 0.3) is 10.8 Å². The van der Waals surface area contributed by atoms with E-state index in [2.05, 4.69) is 26.8 Å². The summed E-state index contributed by atoms with van der Waals surface area (Å²) in [4.78, 5) is 24.6. The molecule has 128 valence electrons. The van der Waals surface area contributed by atoms with Gasteiger partial charge < -0.3 is 4.74 Å². The number of thiophene rings is 1. The van der Waals surface area contributed by atoms with Crippen LogP contribution in [0.4, 0.5) is 0 Å². The van der Waals surface area contributed by atoms with E-state index in [0.717, 1.165) is 10.8 Å². The third kappa shape index (κ3) is 4.18. The Hall–Kier alpha value is -2.38. The maximum absolute atomic E-state index is 12.1. The van der Waals surface area contributed by atoms with E-state index in [9.17, 15) is 9.59 Å². The van der Waals surface area contributed by atoms with Crippen molar-refractivity contribution in [3.05, 3.63) is 63.3 Å². The molecule has 3 aromatic rings. The van der Waals surface area contributed by atoms with E-state index in [4.69, 9.17) is 4.74 Å². The maximum atomic E-state index is 12.1. The zero-order chi connectivity index (χ0) is 17.8. The molecule has 2 N–H and O–H groups in total. The summed E-state index contributed by atoms with van der Waals surface area (Å²) in [7, 11) is 0. The second-order valence-electron chi connectivity index (χ2n) is 5.31. The SMILES string of the molecule is CC(Oc1ccc2ccccc2c1)C(=O)NNC(=O)c1sccc1Br. The number of ether oxygens (including phenoxy) is 1. The average molecular weight is 419 g/mol. The molecule has 0 fully saturated rings. The zero-order valence-electron chi connectivity index (χ0n) is 13.3. The lowest BCUT2D eigenvalue weighted by molar-refractivity contribution is -0.128. The molecule has 0 saturated carbocycles. The van der Waals surface area contributed by atoms with Crippen LogP contribution in [0.2, 0.25) is 0 Å². The van der Waals surface area contributed by atoms with Gasteiger partial charge in [-0.2, -0.15) is 0 Å². The Bertz CT molecular complexity index is 925. The van der Waals surface area contributed by atoms with E-state index in [1.54, 1.807) is 18.4 Å². The summed E-state index contributed by atoms with van der Waals surface area (Å²) in [5.74, 6) is -0.226. The highest BCUT2D eigenvalue weighted by Crippen LogP contribution is 2.22. The minimum atomic E-state index is -0.756. The van der Waals surface area contributed by atoms with Crippen LogP contribution in [-0.2, 0) is 4.79 Å². The first-order chi connectivity index (χ1) is 12.0. The molecule has 0 bridgehead atoms. The number of carbonyl (C=O) groups is 2. The van der Waals surface area contributed by atoms with Gasteiger partial charge in [-0.1, -0.05) is 30.3 Å². The van der Waals surface area contributed by atoms with Gasteiger partial charge in [-0.05, 0) is 57.2 Å². The number of amides is 2. The number of nitrogens with one attached hydrogen (secondary N) is 2. The number of carbonyl (C=O) groups excluding carboxylic acids is 2. The molecule has 25 heavy (non-hydrogen) atoms. The second-order valence-corrected chi connectivity index (χ2v) is 7.08. The van der Waals surface area contributed by atoms with Crippen LogP contribution in [0.1, 0.15) is 16.6 Å². The monoisotopic (exact) mass is 418 g/mol. The molecule has 3 rings (SSSR count). The fraction of sp³-hybridized carbons (Fsp3) is 0.111. The van der Waals surface area contributed by atoms with Gasteiger partial charge in [-0.15, -0.1) is 11.3 Å². The van der Waals surface area contributed by atoms with Gasteiger partial charge in [0.15, 0.2) is 6.10 Å². The van der Waals surface area contributed by atoms with Crippen molar-refractivity contribution in [2.75, 3.05) is 0 Å². The minimum Gasteiger partial charge on any atom is -0.481 e. The Labute approximate surface area is 157 Å². The van der Waals surface area contributed by atoms with Gasteiger partial charge in [-0.25, -0.2) is 0 Å². The van der Waals surface area contributed by atoms with Gasteiger partial charge in [-0.3, -0.25) is 20.4 Å². The first-order valence-corrected chi connectivity index (χ1v) is 9.20. The topological polar surface area (TPSA) is 67.4 Å². The normalized spacial score (nSPS) is 11.8. The van der Waals surface area contributed by atoms with Gasteiger partial charge in [0, 0.05) is 4.47 Å². The van der Waals surface area contributed by atoms with Crippen LogP contribution in [-0.4, -0.2) is 17.9 Å². The fourth-order valence-electron chi connectivity index (χ4n) is 2.23. The molecular weight excluding hydrogens is 404 g/mol. The van der Waals surface area contributed by atoms with Crippen molar-refractivity contribution in [2.45, 2.75) is 13.0 Å². The second kappa shape index (κ2) is 7.67. The van der Waals surface area contributed by atoms with Gasteiger partial charge in [0.1, 0.15) is 10.6 Å². The highest BCUT2D eigenvalue weighted by atomic mass is 79.9. The number of fused-ring (bicyclic) bond motifs is 1. The smallest absolute Gasteiger partial charge is 0.280 e. The Balaban J connectivity index is 1.58. The Morgan fingerprint density at radius 3 is 2.56 bits per heavy atom. The predicted molar refractivity (Wildman–Crippen MR) is 102 cm³/mol. The van der Waals surface area contributed by atoms with E-state index >= 15 is 0 Å². The quantitative estimate of drug-likeness (QED) is 0.631. The first-order valence-electron chi connectivity index (χ1n) is 7.53. The molecule has 1 atom stereocenters. The van der Waals surface area contributed by atoms with Crippen molar-refractivity contribution in [3.63, 3.8) is 0 Å². The van der Waals surface area contributed by atoms with E-state index in [1.807, 2.05) is 42.5 Å². The number of hydrogen-bond acceptors (Lipinski definition) is 4. The molecule has 0 aliphatic heterocycles. The lowest BCUT2D eigenvalue weighted by atomic mass is 10.1. The molecule has 1 aromatic heterocycles. The summed E-state index contributed by atoms with van der Waals surface area (Å²) in [6.45, 7) is 1.62. The van der Waals surface area contributed by atoms with Gasteiger partial charge >= 0.3 is 0 Å². The molecule has 0 radical (unpaired) electrons. The maximum Gasteiger partial charge on any atom is 0.280 e. The standard InChI is InChI=1S/C18H15BrN2O3S/c1-11(17(22)20-21-18(23)16-15(19)8-9-25-16)24-14-7-6-12-4-2-3-5-13(12)10-14/h2-11H,1H3,(H,20,22)(H,21,23). The number of halogens is 1. The number of benzene rings is 2. The molecule has 0 spiro atoms. The molecule has 2 aromatic carbocycles. The molecule has 0 aliphatic carbocycles. The summed E-state index contributed by atoms with van der Waals surface area (Å²) in [6.07, 6.45) is -0.756. The first kappa shape index (κ1) is 17.4. The molecule has 1 heterocycles. The van der Waals surface area contributed by atoms with Crippen molar-refractivity contribution in [1.82, 2.24) is 10.9 Å². The predicted octanol–water partition coefficient (Wildman–Crippen LogP) is 3.89. The van der Waals surface area contributed by atoms with Crippen LogP contribution < -0.4 is 15.6 Å². The summed E-state index contributed by atoms with van der Waals surface area (Å²) < 4.78 is 6.35. The van der Waals surface area contributed by atoms with E-state index < -0.39 is 12.0 Å². The molecular formula is C18H15BrN2O3S. The molecule has 1 unspecified atom stereocenters. The molecule has 0 aliphatic rings. The van der Waals surface area contributed by atoms with Gasteiger partial charge in [0.25, 0.3) is 11.8 Å². The van der Waals surface area contributed by atoms with Crippen LogP contribution >= 0.6 is 27.3 Å². The molecule has 7 heteroatoms. The van der Waals surface area contributed by atoms with Crippen molar-refractivity contribution < 1.29 is 14.3 Å². The van der Waals surface area contributed by atoms with Crippen LogP contribution in [0.3, 0.4) is 0 Å². The Morgan fingerprint density at radius 1 is 1.08 bits per heavy atom. The largest absolute Gasteiger partial charge is 0.481 e. The van der Waals surface area contributed by atoms with Crippen LogP contribution in [0.15, 0.2) is 58.4 Å². The fourth-order valence-corrected chi connectivity index (χ4v) is 3.68. The summed E-state index contributed by atoms with van der Waals surface area (Å²) in [6, 6.07) is 15.3. The molecule has 0 saturated heterocycles. The average Bonchev–Trinajstić information content (AvgIpc) is 3.05. The summed E-state index contributed by atoms with van der Waals surface area (Å²) in [5.41, 5.74) is 4.76. The van der Waals surface area contributed by atoms with Crippen molar-refractivity contribution in [3.8, 4) is 5.75 Å². The molecule has 5 nitrogen and oxygen atoms in total. The lowest BCUT2D eigenvalue weighted by Crippen LogP contribution is -2.47.